The Balaban J connectivity index is 1.94. The minimum atomic E-state index is -0.262. The van der Waals surface area contributed by atoms with Crippen LogP contribution in [0.5, 0.6) is 0 Å². The van der Waals surface area contributed by atoms with Crippen molar-refractivity contribution < 1.29 is 9.53 Å². The van der Waals surface area contributed by atoms with Crippen LogP contribution in [0.25, 0.3) is 11.1 Å². The van der Waals surface area contributed by atoms with E-state index in [-0.39, 0.29) is 5.97 Å². The summed E-state index contributed by atoms with van der Waals surface area (Å²) in [4.78, 5) is 16.3. The van der Waals surface area contributed by atoms with E-state index >= 15 is 0 Å². The fraction of sp³-hybridized carbons (Fsp3) is 0.300. The smallest absolute Gasteiger partial charge is 0.338 e. The fourth-order valence-corrected chi connectivity index (χ4v) is 3.07. The lowest BCUT2D eigenvalue weighted by molar-refractivity contribution is 0.0526. The van der Waals surface area contributed by atoms with Gasteiger partial charge >= 0.3 is 5.97 Å². The van der Waals surface area contributed by atoms with Gasteiger partial charge in [0, 0.05) is 6.20 Å². The van der Waals surface area contributed by atoms with Crippen molar-refractivity contribution in [3.05, 3.63) is 65.5 Å². The van der Waals surface area contributed by atoms with E-state index in [9.17, 15) is 4.79 Å². The molecule has 2 aromatic rings. The van der Waals surface area contributed by atoms with Crippen LogP contribution in [0.15, 0.2) is 48.7 Å². The van der Waals surface area contributed by atoms with Gasteiger partial charge in [0.25, 0.3) is 0 Å². The number of pyridine rings is 1. The predicted molar refractivity (Wildman–Crippen MR) is 91.9 cm³/mol. The monoisotopic (exact) mass is 307 g/mol. The van der Waals surface area contributed by atoms with Gasteiger partial charge in [0.2, 0.25) is 0 Å². The maximum absolute atomic E-state index is 11.8. The van der Waals surface area contributed by atoms with Crippen molar-refractivity contribution in [3.8, 4) is 0 Å². The van der Waals surface area contributed by atoms with Crippen LogP contribution in [0, 0.1) is 0 Å². The highest BCUT2D eigenvalue weighted by atomic mass is 16.5. The Hall–Kier alpha value is -2.42. The Labute approximate surface area is 137 Å². The molecule has 23 heavy (non-hydrogen) atoms. The normalized spacial score (nSPS) is 14.7. The van der Waals surface area contributed by atoms with Crippen LogP contribution >= 0.6 is 0 Å². The molecule has 1 aromatic carbocycles. The van der Waals surface area contributed by atoms with E-state index < -0.39 is 0 Å². The van der Waals surface area contributed by atoms with Crippen molar-refractivity contribution in [2.45, 2.75) is 32.6 Å². The zero-order chi connectivity index (χ0) is 16.1. The summed E-state index contributed by atoms with van der Waals surface area (Å²) >= 11 is 0. The molecule has 118 valence electrons. The summed E-state index contributed by atoms with van der Waals surface area (Å²) < 4.78 is 5.04. The maximum atomic E-state index is 11.8. The Morgan fingerprint density at radius 3 is 2.43 bits per heavy atom. The van der Waals surface area contributed by atoms with Crippen LogP contribution in [0.4, 0.5) is 0 Å². The van der Waals surface area contributed by atoms with Crippen molar-refractivity contribution in [3.63, 3.8) is 0 Å². The molecule has 0 fully saturated rings. The fourth-order valence-electron chi connectivity index (χ4n) is 3.07. The molecule has 1 heterocycles. The van der Waals surface area contributed by atoms with Gasteiger partial charge in [0.15, 0.2) is 0 Å². The van der Waals surface area contributed by atoms with Crippen molar-refractivity contribution in [2.24, 2.45) is 0 Å². The molecule has 3 heteroatoms. The number of hydrogen-bond donors (Lipinski definition) is 0. The number of aromatic nitrogens is 1. The standard InChI is InChI=1S/C20H21NO2/c1-2-23-20(22)16-12-10-15(11-13-16)17-7-3-4-8-18(17)19-9-5-6-14-21-19/h5-6,9-14H,2-4,7-8H2,1H3. The third kappa shape index (κ3) is 3.50. The molecule has 0 bridgehead atoms. The molecule has 1 aliphatic carbocycles. The van der Waals surface area contributed by atoms with E-state index in [2.05, 4.69) is 11.1 Å². The highest BCUT2D eigenvalue weighted by molar-refractivity contribution is 5.93. The average molecular weight is 307 g/mol. The van der Waals surface area contributed by atoms with Crippen molar-refractivity contribution >= 4 is 17.1 Å². The van der Waals surface area contributed by atoms with Gasteiger partial charge in [-0.25, -0.2) is 4.79 Å². The molecule has 0 aliphatic heterocycles. The second-order valence-corrected chi connectivity index (χ2v) is 5.68. The Kier molecular flexibility index (Phi) is 4.86. The van der Waals surface area contributed by atoms with E-state index in [0.29, 0.717) is 12.2 Å². The van der Waals surface area contributed by atoms with E-state index in [1.165, 1.54) is 29.6 Å². The highest BCUT2D eigenvalue weighted by Gasteiger charge is 2.17. The van der Waals surface area contributed by atoms with Crippen molar-refractivity contribution in [2.75, 3.05) is 6.61 Å². The molecule has 0 atom stereocenters. The molecule has 1 aliphatic rings. The zero-order valence-electron chi connectivity index (χ0n) is 13.4. The molecule has 0 N–H and O–H groups in total. The number of nitrogens with zero attached hydrogens (tertiary/aromatic N) is 1. The zero-order valence-corrected chi connectivity index (χ0v) is 13.4. The average Bonchev–Trinajstić information content (AvgIpc) is 2.63. The first-order valence-corrected chi connectivity index (χ1v) is 8.20. The molecule has 3 rings (SSSR count). The molecule has 0 amide bonds. The van der Waals surface area contributed by atoms with Crippen LogP contribution in [-0.4, -0.2) is 17.6 Å². The molecule has 3 nitrogen and oxygen atoms in total. The Morgan fingerprint density at radius 2 is 1.78 bits per heavy atom. The van der Waals surface area contributed by atoms with Gasteiger partial charge in [-0.15, -0.1) is 0 Å². The molecule has 0 saturated heterocycles. The third-order valence-corrected chi connectivity index (χ3v) is 4.19. The van der Waals surface area contributed by atoms with Gasteiger partial charge in [-0.1, -0.05) is 18.2 Å². The molecular formula is C20H21NO2. The molecular weight excluding hydrogens is 286 g/mol. The largest absolute Gasteiger partial charge is 0.462 e. The lowest BCUT2D eigenvalue weighted by Crippen LogP contribution is -2.05. The summed E-state index contributed by atoms with van der Waals surface area (Å²) in [7, 11) is 0. The van der Waals surface area contributed by atoms with Crippen molar-refractivity contribution in [1.82, 2.24) is 4.98 Å². The highest BCUT2D eigenvalue weighted by Crippen LogP contribution is 2.37. The van der Waals surface area contributed by atoms with Crippen LogP contribution in [-0.2, 0) is 4.74 Å². The number of esters is 1. The third-order valence-electron chi connectivity index (χ3n) is 4.19. The van der Waals surface area contributed by atoms with Gasteiger partial charge in [-0.3, -0.25) is 4.98 Å². The summed E-state index contributed by atoms with van der Waals surface area (Å²) in [5.41, 5.74) is 5.53. The first-order chi connectivity index (χ1) is 11.3. The quantitative estimate of drug-likeness (QED) is 0.766. The van der Waals surface area contributed by atoms with E-state index in [0.717, 1.165) is 18.5 Å². The van der Waals surface area contributed by atoms with Crippen LogP contribution < -0.4 is 0 Å². The lowest BCUT2D eigenvalue weighted by Gasteiger charge is -2.20. The first kappa shape index (κ1) is 15.5. The van der Waals surface area contributed by atoms with E-state index in [1.54, 1.807) is 0 Å². The second-order valence-electron chi connectivity index (χ2n) is 5.68. The van der Waals surface area contributed by atoms with Crippen LogP contribution in [0.2, 0.25) is 0 Å². The van der Waals surface area contributed by atoms with Gasteiger partial charge in [0.05, 0.1) is 17.9 Å². The van der Waals surface area contributed by atoms with E-state index in [4.69, 9.17) is 4.74 Å². The minimum Gasteiger partial charge on any atom is -0.462 e. The Bertz CT molecular complexity index is 702. The second kappa shape index (κ2) is 7.23. The van der Waals surface area contributed by atoms with Gasteiger partial charge in [0.1, 0.15) is 0 Å². The summed E-state index contributed by atoms with van der Waals surface area (Å²) in [5, 5.41) is 0. The van der Waals surface area contributed by atoms with Crippen LogP contribution in [0.1, 0.15) is 54.2 Å². The number of hydrogen-bond acceptors (Lipinski definition) is 3. The van der Waals surface area contributed by atoms with E-state index in [1.807, 2.05) is 49.5 Å². The number of benzene rings is 1. The Morgan fingerprint density at radius 1 is 1.04 bits per heavy atom. The number of allylic oxidation sites excluding steroid dienone is 2. The topological polar surface area (TPSA) is 39.2 Å². The van der Waals surface area contributed by atoms with Crippen molar-refractivity contribution in [1.29, 1.82) is 0 Å². The van der Waals surface area contributed by atoms with Crippen LogP contribution in [0.3, 0.4) is 0 Å². The molecule has 0 radical (unpaired) electrons. The molecule has 0 saturated carbocycles. The molecule has 1 aromatic heterocycles. The SMILES string of the molecule is CCOC(=O)c1ccc(C2=C(c3ccccn3)CCCC2)cc1. The summed E-state index contributed by atoms with van der Waals surface area (Å²) in [6.45, 7) is 2.22. The lowest BCUT2D eigenvalue weighted by atomic mass is 9.85. The minimum absolute atomic E-state index is 0.262. The van der Waals surface area contributed by atoms with Gasteiger partial charge in [-0.05, 0) is 73.6 Å². The first-order valence-electron chi connectivity index (χ1n) is 8.20. The molecule has 0 spiro atoms. The molecule has 0 unspecified atom stereocenters. The maximum Gasteiger partial charge on any atom is 0.338 e. The summed E-state index contributed by atoms with van der Waals surface area (Å²) in [6.07, 6.45) is 6.37. The number of carbonyl (C=O) groups excluding carboxylic acids is 1. The van der Waals surface area contributed by atoms with Gasteiger partial charge < -0.3 is 4.74 Å². The summed E-state index contributed by atoms with van der Waals surface area (Å²) in [5.74, 6) is -0.262. The summed E-state index contributed by atoms with van der Waals surface area (Å²) in [6, 6.07) is 13.8. The predicted octanol–water partition coefficient (Wildman–Crippen LogP) is 4.74. The number of carbonyl (C=O) groups is 1. The number of ether oxygens (including phenoxy) is 1. The van der Waals surface area contributed by atoms with Gasteiger partial charge in [-0.2, -0.15) is 0 Å². The number of rotatable bonds is 4.